The Morgan fingerprint density at radius 2 is 1.83 bits per heavy atom. The summed E-state index contributed by atoms with van der Waals surface area (Å²) in [6, 6.07) is 8.62. The lowest BCUT2D eigenvalue weighted by molar-refractivity contribution is 0.247. The number of anilines is 1. The number of fused-ring (bicyclic) bond motifs is 3. The minimum atomic E-state index is 0.131. The van der Waals surface area contributed by atoms with E-state index in [1.54, 1.807) is 15.9 Å². The number of nitrogens with zero attached hydrogens (tertiary/aromatic N) is 4. The normalized spacial score (nSPS) is 17.7. The molecule has 0 atom stereocenters. The van der Waals surface area contributed by atoms with Crippen molar-refractivity contribution in [1.29, 1.82) is 0 Å². The molecule has 6 heteroatoms. The van der Waals surface area contributed by atoms with E-state index in [4.69, 9.17) is 4.98 Å². The fourth-order valence-corrected chi connectivity index (χ4v) is 5.94. The smallest absolute Gasteiger partial charge is 0.263 e. The maximum Gasteiger partial charge on any atom is 0.263 e. The van der Waals surface area contributed by atoms with Crippen LogP contribution >= 0.6 is 11.3 Å². The van der Waals surface area contributed by atoms with Crippen LogP contribution in [-0.4, -0.2) is 40.6 Å². The van der Waals surface area contributed by atoms with Crippen molar-refractivity contribution in [3.05, 3.63) is 56.2 Å². The summed E-state index contributed by atoms with van der Waals surface area (Å²) in [5.41, 5.74) is 4.16. The predicted octanol–water partition coefficient (Wildman–Crippen LogP) is 3.50. The van der Waals surface area contributed by atoms with Crippen molar-refractivity contribution >= 4 is 27.5 Å². The Bertz CT molecular complexity index is 1110. The van der Waals surface area contributed by atoms with Gasteiger partial charge in [-0.3, -0.25) is 14.3 Å². The highest BCUT2D eigenvalue weighted by Gasteiger charge is 2.25. The Hall–Kier alpha value is -2.18. The molecule has 1 aromatic carbocycles. The van der Waals surface area contributed by atoms with Crippen LogP contribution in [0.4, 0.5) is 5.95 Å². The lowest BCUT2D eigenvalue weighted by Gasteiger charge is -2.36. The molecule has 0 unspecified atom stereocenters. The topological polar surface area (TPSA) is 41.4 Å². The highest BCUT2D eigenvalue weighted by molar-refractivity contribution is 7.18. The maximum absolute atomic E-state index is 13.2. The minimum Gasteiger partial charge on any atom is -0.340 e. The molecule has 2 aliphatic rings. The van der Waals surface area contributed by atoms with Crippen LogP contribution in [0.15, 0.2) is 29.1 Å². The number of hydrogen-bond donors (Lipinski definition) is 0. The summed E-state index contributed by atoms with van der Waals surface area (Å²) in [5.74, 6) is 0.830. The second-order valence-electron chi connectivity index (χ2n) is 8.36. The zero-order valence-corrected chi connectivity index (χ0v) is 18.1. The first-order valence-electron chi connectivity index (χ1n) is 10.6. The van der Waals surface area contributed by atoms with Gasteiger partial charge in [0.1, 0.15) is 4.83 Å². The molecule has 2 aromatic heterocycles. The molecule has 0 amide bonds. The standard InChI is InChI=1S/C23H28N4OS/c1-16-7-3-4-8-17(16)15-26-11-13-27(14-12-26)23-24-21-20(22(28)25(23)2)18-9-5-6-10-19(18)29-21/h3-4,7-8H,5-6,9-15H2,1-2H3. The van der Waals surface area contributed by atoms with E-state index in [-0.39, 0.29) is 5.56 Å². The van der Waals surface area contributed by atoms with Gasteiger partial charge in [-0.2, -0.15) is 0 Å². The molecule has 0 N–H and O–H groups in total. The fraction of sp³-hybridized carbons (Fsp3) is 0.478. The van der Waals surface area contributed by atoms with Gasteiger partial charge >= 0.3 is 0 Å². The Balaban J connectivity index is 1.37. The molecule has 29 heavy (non-hydrogen) atoms. The third-order valence-corrected chi connectivity index (χ3v) is 7.67. The first-order valence-corrected chi connectivity index (χ1v) is 11.5. The van der Waals surface area contributed by atoms with E-state index in [2.05, 4.69) is 41.0 Å². The molecule has 5 nitrogen and oxygen atoms in total. The van der Waals surface area contributed by atoms with Gasteiger partial charge in [-0.15, -0.1) is 11.3 Å². The lowest BCUT2D eigenvalue weighted by Crippen LogP contribution is -2.47. The van der Waals surface area contributed by atoms with E-state index < -0.39 is 0 Å². The number of hydrogen-bond acceptors (Lipinski definition) is 5. The average molecular weight is 409 g/mol. The van der Waals surface area contributed by atoms with Gasteiger partial charge in [0.2, 0.25) is 5.95 Å². The van der Waals surface area contributed by atoms with Gasteiger partial charge in [-0.1, -0.05) is 24.3 Å². The molecule has 1 saturated heterocycles. The van der Waals surface area contributed by atoms with E-state index in [1.807, 2.05) is 7.05 Å². The zero-order chi connectivity index (χ0) is 20.0. The van der Waals surface area contributed by atoms with Crippen molar-refractivity contribution < 1.29 is 0 Å². The highest BCUT2D eigenvalue weighted by atomic mass is 32.1. The molecule has 3 aromatic rings. The summed E-state index contributed by atoms with van der Waals surface area (Å²) in [6.45, 7) is 6.96. The van der Waals surface area contributed by atoms with Crippen molar-refractivity contribution in [3.63, 3.8) is 0 Å². The summed E-state index contributed by atoms with van der Waals surface area (Å²) in [6.07, 6.45) is 4.55. The van der Waals surface area contributed by atoms with Crippen molar-refractivity contribution in [3.8, 4) is 0 Å². The van der Waals surface area contributed by atoms with Gasteiger partial charge in [-0.05, 0) is 49.3 Å². The Morgan fingerprint density at radius 1 is 1.07 bits per heavy atom. The molecular weight excluding hydrogens is 380 g/mol. The Morgan fingerprint density at radius 3 is 2.62 bits per heavy atom. The van der Waals surface area contributed by atoms with Crippen LogP contribution in [0.25, 0.3) is 10.2 Å². The van der Waals surface area contributed by atoms with Gasteiger partial charge in [0.25, 0.3) is 5.56 Å². The van der Waals surface area contributed by atoms with Crippen LogP contribution in [-0.2, 0) is 26.4 Å². The molecule has 1 fully saturated rings. The van der Waals surface area contributed by atoms with E-state index in [1.165, 1.54) is 34.4 Å². The van der Waals surface area contributed by atoms with Gasteiger partial charge in [0.15, 0.2) is 0 Å². The van der Waals surface area contributed by atoms with Crippen molar-refractivity contribution in [2.24, 2.45) is 7.05 Å². The lowest BCUT2D eigenvalue weighted by atomic mass is 9.97. The number of aryl methyl sites for hydroxylation is 3. The molecule has 0 saturated carbocycles. The molecule has 0 spiro atoms. The molecule has 3 heterocycles. The van der Waals surface area contributed by atoms with Crippen LogP contribution in [0, 0.1) is 6.92 Å². The van der Waals surface area contributed by atoms with Crippen LogP contribution in [0.5, 0.6) is 0 Å². The second kappa shape index (κ2) is 7.58. The number of piperazine rings is 1. The Kier molecular flexibility index (Phi) is 4.92. The molecule has 5 rings (SSSR count). The first kappa shape index (κ1) is 18.8. The van der Waals surface area contributed by atoms with E-state index in [0.717, 1.165) is 61.7 Å². The number of benzene rings is 1. The molecular formula is C23H28N4OS. The summed E-state index contributed by atoms with van der Waals surface area (Å²) in [5, 5.41) is 0.883. The molecule has 0 bridgehead atoms. The highest BCUT2D eigenvalue weighted by Crippen LogP contribution is 2.34. The van der Waals surface area contributed by atoms with Gasteiger partial charge in [0.05, 0.1) is 5.39 Å². The largest absolute Gasteiger partial charge is 0.340 e. The predicted molar refractivity (Wildman–Crippen MR) is 120 cm³/mol. The maximum atomic E-state index is 13.2. The fourth-order valence-electron chi connectivity index (χ4n) is 4.69. The van der Waals surface area contributed by atoms with Crippen molar-refractivity contribution in [2.45, 2.75) is 39.2 Å². The average Bonchev–Trinajstić information content (AvgIpc) is 3.11. The number of aromatic nitrogens is 2. The van der Waals surface area contributed by atoms with E-state index >= 15 is 0 Å². The van der Waals surface area contributed by atoms with Crippen LogP contribution in [0.1, 0.15) is 34.4 Å². The van der Waals surface area contributed by atoms with Gasteiger partial charge in [-0.25, -0.2) is 4.98 Å². The van der Waals surface area contributed by atoms with Crippen molar-refractivity contribution in [1.82, 2.24) is 14.5 Å². The molecule has 152 valence electrons. The summed E-state index contributed by atoms with van der Waals surface area (Å²) < 4.78 is 1.78. The number of thiophene rings is 1. The van der Waals surface area contributed by atoms with E-state index in [0.29, 0.717) is 0 Å². The molecule has 0 radical (unpaired) electrons. The summed E-state index contributed by atoms with van der Waals surface area (Å²) in [4.78, 5) is 25.2. The monoisotopic (exact) mass is 408 g/mol. The SMILES string of the molecule is Cc1ccccc1CN1CCN(c2nc3sc4c(c3c(=O)n2C)CCCC4)CC1. The Labute approximate surface area is 175 Å². The van der Waals surface area contributed by atoms with Crippen LogP contribution in [0.3, 0.4) is 0 Å². The first-order chi connectivity index (χ1) is 14.1. The second-order valence-corrected chi connectivity index (χ2v) is 9.44. The van der Waals surface area contributed by atoms with E-state index in [9.17, 15) is 4.79 Å². The molecule has 1 aliphatic carbocycles. The van der Waals surface area contributed by atoms with Gasteiger partial charge in [0, 0.05) is 44.6 Å². The minimum absolute atomic E-state index is 0.131. The molecule has 1 aliphatic heterocycles. The van der Waals surface area contributed by atoms with Crippen molar-refractivity contribution in [2.75, 3.05) is 31.1 Å². The quantitative estimate of drug-likeness (QED) is 0.665. The zero-order valence-electron chi connectivity index (χ0n) is 17.3. The summed E-state index contributed by atoms with van der Waals surface area (Å²) in [7, 11) is 1.89. The van der Waals surface area contributed by atoms with Crippen LogP contribution in [0.2, 0.25) is 0 Å². The third-order valence-electron chi connectivity index (χ3n) is 6.48. The van der Waals surface area contributed by atoms with Crippen LogP contribution < -0.4 is 10.5 Å². The third kappa shape index (κ3) is 3.38. The van der Waals surface area contributed by atoms with Gasteiger partial charge < -0.3 is 4.90 Å². The summed E-state index contributed by atoms with van der Waals surface area (Å²) >= 11 is 1.74. The number of rotatable bonds is 3.